The standard InChI is InChI=1S/C12H14O2/c13-12(14)10-6-2-5-9-11-7-3-1-4-8-11/h1,3-4,6-8,10H,2,5,9H2,(H,13,14)/b10-6+. The molecule has 0 fully saturated rings. The molecule has 0 spiro atoms. The lowest BCUT2D eigenvalue weighted by molar-refractivity contribution is -0.131. The highest BCUT2D eigenvalue weighted by Gasteiger charge is 1.90. The van der Waals surface area contributed by atoms with Gasteiger partial charge in [-0.05, 0) is 24.8 Å². The van der Waals surface area contributed by atoms with Gasteiger partial charge in [0.15, 0.2) is 0 Å². The van der Waals surface area contributed by atoms with Crippen molar-refractivity contribution in [3.8, 4) is 0 Å². The van der Waals surface area contributed by atoms with Gasteiger partial charge < -0.3 is 5.11 Å². The normalized spacial score (nSPS) is 10.6. The number of hydrogen-bond donors (Lipinski definition) is 1. The first-order chi connectivity index (χ1) is 6.79. The Labute approximate surface area is 83.9 Å². The molecule has 2 nitrogen and oxygen atoms in total. The minimum absolute atomic E-state index is 0.821. The molecule has 1 rings (SSSR count). The largest absolute Gasteiger partial charge is 0.478 e. The summed E-state index contributed by atoms with van der Waals surface area (Å²) in [4.78, 5) is 10.1. The zero-order chi connectivity index (χ0) is 10.2. The highest BCUT2D eigenvalue weighted by atomic mass is 16.4. The minimum Gasteiger partial charge on any atom is -0.478 e. The highest BCUT2D eigenvalue weighted by molar-refractivity contribution is 5.79. The van der Waals surface area contributed by atoms with Crippen LogP contribution in [0.25, 0.3) is 0 Å². The maximum atomic E-state index is 10.1. The van der Waals surface area contributed by atoms with Gasteiger partial charge in [-0.2, -0.15) is 0 Å². The van der Waals surface area contributed by atoms with Crippen LogP contribution in [0, 0.1) is 0 Å². The predicted octanol–water partition coefficient (Wildman–Crippen LogP) is 2.65. The van der Waals surface area contributed by atoms with Crippen molar-refractivity contribution in [2.75, 3.05) is 0 Å². The second-order valence-corrected chi connectivity index (χ2v) is 3.12. The molecular weight excluding hydrogens is 176 g/mol. The first kappa shape index (κ1) is 10.5. The van der Waals surface area contributed by atoms with Crippen molar-refractivity contribution in [1.82, 2.24) is 0 Å². The van der Waals surface area contributed by atoms with Crippen LogP contribution in [0.4, 0.5) is 0 Å². The minimum atomic E-state index is -0.871. The van der Waals surface area contributed by atoms with Crippen molar-refractivity contribution in [2.24, 2.45) is 0 Å². The Hall–Kier alpha value is -1.57. The molecule has 0 saturated carbocycles. The van der Waals surface area contributed by atoms with E-state index in [-0.39, 0.29) is 0 Å². The first-order valence-corrected chi connectivity index (χ1v) is 4.72. The molecule has 14 heavy (non-hydrogen) atoms. The molecule has 1 N–H and O–H groups in total. The molecule has 1 aromatic carbocycles. The van der Waals surface area contributed by atoms with Crippen LogP contribution in [-0.4, -0.2) is 11.1 Å². The predicted molar refractivity (Wildman–Crippen MR) is 56.2 cm³/mol. The van der Waals surface area contributed by atoms with Crippen LogP contribution in [0.5, 0.6) is 0 Å². The molecule has 0 bridgehead atoms. The molecule has 0 heterocycles. The van der Waals surface area contributed by atoms with Gasteiger partial charge in [0.25, 0.3) is 0 Å². The van der Waals surface area contributed by atoms with Crippen molar-refractivity contribution >= 4 is 5.97 Å². The van der Waals surface area contributed by atoms with E-state index >= 15 is 0 Å². The van der Waals surface area contributed by atoms with Gasteiger partial charge in [-0.15, -0.1) is 0 Å². The zero-order valence-electron chi connectivity index (χ0n) is 8.02. The summed E-state index contributed by atoms with van der Waals surface area (Å²) in [6, 6.07) is 10.2. The summed E-state index contributed by atoms with van der Waals surface area (Å²) in [6.45, 7) is 0. The Morgan fingerprint density at radius 2 is 2.00 bits per heavy atom. The summed E-state index contributed by atoms with van der Waals surface area (Å²) in [7, 11) is 0. The van der Waals surface area contributed by atoms with E-state index in [1.807, 2.05) is 18.2 Å². The number of aliphatic carboxylic acids is 1. The Balaban J connectivity index is 2.19. The average Bonchev–Trinajstić information content (AvgIpc) is 2.18. The van der Waals surface area contributed by atoms with Gasteiger partial charge in [0.2, 0.25) is 0 Å². The third-order valence-corrected chi connectivity index (χ3v) is 1.94. The molecule has 0 aliphatic heterocycles. The fraction of sp³-hybridized carbons (Fsp3) is 0.250. The number of carbonyl (C=O) groups is 1. The summed E-state index contributed by atoms with van der Waals surface area (Å²) >= 11 is 0. The van der Waals surface area contributed by atoms with E-state index in [1.165, 1.54) is 11.6 Å². The fourth-order valence-corrected chi connectivity index (χ4v) is 1.25. The Kier molecular flexibility index (Phi) is 4.48. The SMILES string of the molecule is O=C(O)/C=C/CCCc1ccccc1. The van der Waals surface area contributed by atoms with Crippen molar-refractivity contribution in [3.05, 3.63) is 48.0 Å². The van der Waals surface area contributed by atoms with Gasteiger partial charge in [0, 0.05) is 6.08 Å². The molecule has 0 amide bonds. The van der Waals surface area contributed by atoms with Crippen LogP contribution in [-0.2, 0) is 11.2 Å². The van der Waals surface area contributed by atoms with Crippen molar-refractivity contribution in [3.63, 3.8) is 0 Å². The quantitative estimate of drug-likeness (QED) is 0.572. The third-order valence-electron chi connectivity index (χ3n) is 1.94. The number of hydrogen-bond acceptors (Lipinski definition) is 1. The van der Waals surface area contributed by atoms with Crippen LogP contribution in [0.1, 0.15) is 18.4 Å². The fourth-order valence-electron chi connectivity index (χ4n) is 1.25. The van der Waals surface area contributed by atoms with Gasteiger partial charge in [-0.1, -0.05) is 36.4 Å². The smallest absolute Gasteiger partial charge is 0.327 e. The van der Waals surface area contributed by atoms with Crippen molar-refractivity contribution in [2.45, 2.75) is 19.3 Å². The lowest BCUT2D eigenvalue weighted by Gasteiger charge is -1.97. The Morgan fingerprint density at radius 3 is 2.64 bits per heavy atom. The number of carboxylic acids is 1. The van der Waals surface area contributed by atoms with E-state index < -0.39 is 5.97 Å². The maximum absolute atomic E-state index is 10.1. The van der Waals surface area contributed by atoms with Gasteiger partial charge in [0.05, 0.1) is 0 Å². The van der Waals surface area contributed by atoms with E-state index in [0.717, 1.165) is 19.3 Å². The highest BCUT2D eigenvalue weighted by Crippen LogP contribution is 2.04. The van der Waals surface area contributed by atoms with Crippen molar-refractivity contribution in [1.29, 1.82) is 0 Å². The molecule has 74 valence electrons. The molecule has 1 aromatic rings. The second-order valence-electron chi connectivity index (χ2n) is 3.12. The number of allylic oxidation sites excluding steroid dienone is 1. The lowest BCUT2D eigenvalue weighted by atomic mass is 10.1. The average molecular weight is 190 g/mol. The van der Waals surface area contributed by atoms with E-state index in [1.54, 1.807) is 6.08 Å². The van der Waals surface area contributed by atoms with Crippen LogP contribution in [0.15, 0.2) is 42.5 Å². The summed E-state index contributed by atoms with van der Waals surface area (Å²) in [5, 5.41) is 8.34. The van der Waals surface area contributed by atoms with Crippen LogP contribution < -0.4 is 0 Å². The lowest BCUT2D eigenvalue weighted by Crippen LogP contribution is -1.87. The van der Waals surface area contributed by atoms with E-state index in [4.69, 9.17) is 5.11 Å². The summed E-state index contributed by atoms with van der Waals surface area (Å²) in [5.41, 5.74) is 1.30. The summed E-state index contributed by atoms with van der Waals surface area (Å²) in [6.07, 6.45) is 5.72. The molecule has 2 heteroatoms. The number of unbranched alkanes of at least 4 members (excludes halogenated alkanes) is 1. The molecule has 0 saturated heterocycles. The molecule has 0 aliphatic rings. The molecule has 0 unspecified atom stereocenters. The van der Waals surface area contributed by atoms with E-state index in [9.17, 15) is 4.79 Å². The Morgan fingerprint density at radius 1 is 1.29 bits per heavy atom. The van der Waals surface area contributed by atoms with E-state index in [0.29, 0.717) is 0 Å². The van der Waals surface area contributed by atoms with Gasteiger partial charge in [-0.25, -0.2) is 4.79 Å². The van der Waals surface area contributed by atoms with E-state index in [2.05, 4.69) is 12.1 Å². The molecular formula is C12H14O2. The number of rotatable bonds is 5. The maximum Gasteiger partial charge on any atom is 0.327 e. The van der Waals surface area contributed by atoms with Gasteiger partial charge in [-0.3, -0.25) is 0 Å². The molecule has 0 aliphatic carbocycles. The molecule has 0 atom stereocenters. The molecule has 0 aromatic heterocycles. The van der Waals surface area contributed by atoms with Crippen LogP contribution >= 0.6 is 0 Å². The van der Waals surface area contributed by atoms with Crippen LogP contribution in [0.3, 0.4) is 0 Å². The molecule has 0 radical (unpaired) electrons. The van der Waals surface area contributed by atoms with Crippen molar-refractivity contribution < 1.29 is 9.90 Å². The monoisotopic (exact) mass is 190 g/mol. The third kappa shape index (κ3) is 4.45. The number of aryl methyl sites for hydroxylation is 1. The topological polar surface area (TPSA) is 37.3 Å². The van der Waals surface area contributed by atoms with Gasteiger partial charge >= 0.3 is 5.97 Å². The number of carboxylic acid groups (broad SMARTS) is 1. The number of benzene rings is 1. The zero-order valence-corrected chi connectivity index (χ0v) is 8.02. The first-order valence-electron chi connectivity index (χ1n) is 4.72. The Bertz CT molecular complexity index is 301. The van der Waals surface area contributed by atoms with Crippen LogP contribution in [0.2, 0.25) is 0 Å². The summed E-state index contributed by atoms with van der Waals surface area (Å²) in [5.74, 6) is -0.871. The second kappa shape index (κ2) is 5.97. The summed E-state index contributed by atoms with van der Waals surface area (Å²) < 4.78 is 0. The van der Waals surface area contributed by atoms with Gasteiger partial charge in [0.1, 0.15) is 0 Å².